The van der Waals surface area contributed by atoms with Gasteiger partial charge in [0.05, 0.1) is 22.8 Å². The van der Waals surface area contributed by atoms with Crippen LogP contribution in [0.3, 0.4) is 0 Å². The van der Waals surface area contributed by atoms with Crippen LogP contribution < -0.4 is 4.72 Å². The Kier molecular flexibility index (Phi) is 6.22. The lowest BCUT2D eigenvalue weighted by Crippen LogP contribution is -2.62. The van der Waals surface area contributed by atoms with Gasteiger partial charge >= 0.3 is 0 Å². The first-order valence-corrected chi connectivity index (χ1v) is 12.9. The fraction of sp³-hybridized carbons (Fsp3) is 0.542. The molecule has 3 amide bonds. The van der Waals surface area contributed by atoms with Crippen molar-refractivity contribution in [1.29, 1.82) is 0 Å². The molecule has 4 rings (SSSR count). The molecule has 0 saturated carbocycles. The maximum absolute atomic E-state index is 12.9. The second kappa shape index (κ2) is 8.68. The Morgan fingerprint density at radius 2 is 1.48 bits per heavy atom. The minimum Gasteiger partial charge on any atom is -0.338 e. The van der Waals surface area contributed by atoms with Crippen molar-refractivity contribution in [3.05, 3.63) is 40.5 Å². The number of rotatable bonds is 6. The van der Waals surface area contributed by atoms with E-state index >= 15 is 0 Å². The molecule has 0 radical (unpaired) electrons. The Hall–Kier alpha value is -2.52. The number of carbonyl (C=O) groups is 3. The quantitative estimate of drug-likeness (QED) is 0.501. The predicted octanol–water partition coefficient (Wildman–Crippen LogP) is 1.75. The Morgan fingerprint density at radius 3 is 2.00 bits per heavy atom. The molecular weight excluding hydrogens is 442 g/mol. The molecule has 1 aromatic carbocycles. The van der Waals surface area contributed by atoms with Crippen LogP contribution in [-0.4, -0.2) is 61.6 Å². The highest BCUT2D eigenvalue weighted by Crippen LogP contribution is 2.37. The third-order valence-corrected chi connectivity index (χ3v) is 9.05. The number of amides is 3. The number of sulfonamides is 1. The molecule has 2 heterocycles. The molecule has 33 heavy (non-hydrogen) atoms. The summed E-state index contributed by atoms with van der Waals surface area (Å²) in [5.74, 6) is -0.976. The molecule has 1 N–H and O–H groups in total. The SMILES string of the molecule is Cc1cc(C)c(C)c(S(=O)(=O)NCCC(=O)N2CC(N3C(=O)C4CC=CCC4C3=O)C2)c1C. The van der Waals surface area contributed by atoms with Gasteiger partial charge in [0.1, 0.15) is 0 Å². The highest BCUT2D eigenvalue weighted by atomic mass is 32.2. The summed E-state index contributed by atoms with van der Waals surface area (Å²) in [5.41, 5.74) is 3.22. The second-order valence-electron chi connectivity index (χ2n) is 9.39. The fourth-order valence-corrected chi connectivity index (χ4v) is 6.76. The summed E-state index contributed by atoms with van der Waals surface area (Å²) in [4.78, 5) is 41.1. The van der Waals surface area contributed by atoms with E-state index in [0.717, 1.165) is 11.1 Å². The number of fused-ring (bicyclic) bond motifs is 1. The van der Waals surface area contributed by atoms with E-state index < -0.39 is 10.0 Å². The number of likely N-dealkylation sites (tertiary alicyclic amines) is 2. The minimum atomic E-state index is -3.75. The van der Waals surface area contributed by atoms with E-state index in [9.17, 15) is 22.8 Å². The Morgan fingerprint density at radius 1 is 0.970 bits per heavy atom. The van der Waals surface area contributed by atoms with Crippen LogP contribution in [0.5, 0.6) is 0 Å². The highest BCUT2D eigenvalue weighted by molar-refractivity contribution is 7.89. The smallest absolute Gasteiger partial charge is 0.241 e. The number of nitrogens with zero attached hydrogens (tertiary/aromatic N) is 2. The lowest BCUT2D eigenvalue weighted by Gasteiger charge is -2.43. The summed E-state index contributed by atoms with van der Waals surface area (Å²) in [6, 6.07) is 1.69. The monoisotopic (exact) mass is 473 g/mol. The van der Waals surface area contributed by atoms with Gasteiger partial charge in [-0.15, -0.1) is 0 Å². The molecule has 0 spiro atoms. The molecule has 2 aliphatic heterocycles. The summed E-state index contributed by atoms with van der Waals surface area (Å²) in [7, 11) is -3.75. The van der Waals surface area contributed by atoms with Gasteiger partial charge in [-0.05, 0) is 62.8 Å². The first-order chi connectivity index (χ1) is 15.5. The Balaban J connectivity index is 1.31. The maximum Gasteiger partial charge on any atom is 0.241 e. The number of hydrogen-bond acceptors (Lipinski definition) is 5. The van der Waals surface area contributed by atoms with Crippen molar-refractivity contribution < 1.29 is 22.8 Å². The molecule has 9 heteroatoms. The van der Waals surface area contributed by atoms with Crippen molar-refractivity contribution in [3.63, 3.8) is 0 Å². The van der Waals surface area contributed by atoms with E-state index in [4.69, 9.17) is 0 Å². The van der Waals surface area contributed by atoms with Gasteiger partial charge in [0.25, 0.3) is 0 Å². The van der Waals surface area contributed by atoms with Crippen LogP contribution in [0.25, 0.3) is 0 Å². The van der Waals surface area contributed by atoms with E-state index in [-0.39, 0.29) is 53.5 Å². The van der Waals surface area contributed by atoms with Gasteiger partial charge in [-0.25, -0.2) is 13.1 Å². The van der Waals surface area contributed by atoms with Crippen molar-refractivity contribution >= 4 is 27.7 Å². The molecule has 0 bridgehead atoms. The average Bonchev–Trinajstić information content (AvgIpc) is 2.97. The Bertz CT molecular complexity index is 1100. The molecular formula is C24H31N3O5S. The lowest BCUT2D eigenvalue weighted by molar-refractivity contribution is -0.152. The fourth-order valence-electron chi connectivity index (χ4n) is 5.11. The number of hydrogen-bond donors (Lipinski definition) is 1. The van der Waals surface area contributed by atoms with Crippen LogP contribution in [-0.2, 0) is 24.4 Å². The third-order valence-electron chi connectivity index (χ3n) is 7.32. The average molecular weight is 474 g/mol. The van der Waals surface area contributed by atoms with Crippen LogP contribution in [0.1, 0.15) is 41.5 Å². The number of benzene rings is 1. The van der Waals surface area contributed by atoms with Crippen molar-refractivity contribution in [1.82, 2.24) is 14.5 Å². The standard InChI is InChI=1S/C24H31N3O5S/c1-14-11-15(2)17(4)22(16(14)3)33(31,32)25-10-9-21(28)26-12-18(13-26)27-23(29)19-7-5-6-8-20(19)24(27)30/h5-6,11,18-20,25H,7-10,12-13H2,1-4H3. The van der Waals surface area contributed by atoms with Crippen LogP contribution in [0.15, 0.2) is 23.1 Å². The van der Waals surface area contributed by atoms with E-state index in [0.29, 0.717) is 37.1 Å². The van der Waals surface area contributed by atoms with Crippen molar-refractivity contribution in [3.8, 4) is 0 Å². The van der Waals surface area contributed by atoms with Gasteiger partial charge in [-0.2, -0.15) is 0 Å². The van der Waals surface area contributed by atoms with Gasteiger partial charge < -0.3 is 4.90 Å². The van der Waals surface area contributed by atoms with E-state index in [1.54, 1.807) is 18.7 Å². The number of carbonyl (C=O) groups excluding carboxylic acids is 3. The van der Waals surface area contributed by atoms with E-state index in [2.05, 4.69) is 4.72 Å². The number of aryl methyl sites for hydroxylation is 2. The zero-order chi connectivity index (χ0) is 24.1. The van der Waals surface area contributed by atoms with Gasteiger partial charge in [-0.3, -0.25) is 19.3 Å². The summed E-state index contributed by atoms with van der Waals surface area (Å²) in [5, 5.41) is 0. The summed E-state index contributed by atoms with van der Waals surface area (Å²) in [6.45, 7) is 7.95. The Labute approximate surface area is 195 Å². The molecule has 2 fully saturated rings. The summed E-state index contributed by atoms with van der Waals surface area (Å²) >= 11 is 0. The first kappa shape index (κ1) is 23.6. The summed E-state index contributed by atoms with van der Waals surface area (Å²) in [6.07, 6.45) is 5.12. The normalized spacial score (nSPS) is 23.2. The molecule has 3 aliphatic rings. The summed E-state index contributed by atoms with van der Waals surface area (Å²) < 4.78 is 28.4. The van der Waals surface area contributed by atoms with Crippen molar-refractivity contribution in [2.45, 2.75) is 57.9 Å². The van der Waals surface area contributed by atoms with Crippen LogP contribution in [0.2, 0.25) is 0 Å². The molecule has 1 aliphatic carbocycles. The van der Waals surface area contributed by atoms with Crippen molar-refractivity contribution in [2.24, 2.45) is 11.8 Å². The topological polar surface area (TPSA) is 104 Å². The van der Waals surface area contributed by atoms with Crippen molar-refractivity contribution in [2.75, 3.05) is 19.6 Å². The van der Waals surface area contributed by atoms with Crippen LogP contribution >= 0.6 is 0 Å². The van der Waals surface area contributed by atoms with Gasteiger partial charge in [0, 0.05) is 26.1 Å². The molecule has 8 nitrogen and oxygen atoms in total. The van der Waals surface area contributed by atoms with E-state index in [1.807, 2.05) is 32.1 Å². The number of allylic oxidation sites excluding steroid dienone is 2. The molecule has 1 aromatic rings. The highest BCUT2D eigenvalue weighted by Gasteiger charge is 2.52. The molecule has 2 atom stereocenters. The third kappa shape index (κ3) is 4.12. The van der Waals surface area contributed by atoms with Crippen LogP contribution in [0, 0.1) is 39.5 Å². The molecule has 178 valence electrons. The predicted molar refractivity (Wildman–Crippen MR) is 123 cm³/mol. The number of nitrogens with one attached hydrogen (secondary N) is 1. The minimum absolute atomic E-state index is 0.00834. The zero-order valence-corrected chi connectivity index (χ0v) is 20.4. The first-order valence-electron chi connectivity index (χ1n) is 11.4. The van der Waals surface area contributed by atoms with Crippen LogP contribution in [0.4, 0.5) is 0 Å². The molecule has 0 aromatic heterocycles. The second-order valence-corrected chi connectivity index (χ2v) is 11.1. The molecule has 2 unspecified atom stereocenters. The lowest BCUT2D eigenvalue weighted by atomic mass is 9.85. The number of imide groups is 1. The van der Waals surface area contributed by atoms with Gasteiger partial charge in [0.15, 0.2) is 0 Å². The molecule has 2 saturated heterocycles. The van der Waals surface area contributed by atoms with E-state index in [1.165, 1.54) is 4.90 Å². The van der Waals surface area contributed by atoms with Gasteiger partial charge in [0.2, 0.25) is 27.7 Å². The van der Waals surface area contributed by atoms with Gasteiger partial charge in [-0.1, -0.05) is 18.2 Å². The maximum atomic E-state index is 12.9. The zero-order valence-electron chi connectivity index (χ0n) is 19.6. The largest absolute Gasteiger partial charge is 0.338 e.